The van der Waals surface area contributed by atoms with Gasteiger partial charge in [0.05, 0.1) is 11.7 Å². The molecule has 106 valence electrons. The molecule has 1 saturated heterocycles. The third kappa shape index (κ3) is 3.48. The average Bonchev–Trinajstić information content (AvgIpc) is 3.14. The molecule has 19 heavy (non-hydrogen) atoms. The number of aliphatic hydroxyl groups excluding tert-OH is 1. The molecular formula is C14H17F3O2. The molecule has 1 N–H and O–H groups in total. The summed E-state index contributed by atoms with van der Waals surface area (Å²) in [6, 6.07) is 4.60. The monoisotopic (exact) mass is 274 g/mol. The average molecular weight is 274 g/mol. The molecule has 1 fully saturated rings. The lowest BCUT2D eigenvalue weighted by Crippen LogP contribution is -2.10. The molecule has 2 nitrogen and oxygen atoms in total. The largest absolute Gasteiger partial charge is 0.416 e. The van der Waals surface area contributed by atoms with E-state index < -0.39 is 17.8 Å². The van der Waals surface area contributed by atoms with Crippen LogP contribution in [0.5, 0.6) is 0 Å². The molecule has 0 radical (unpaired) electrons. The van der Waals surface area contributed by atoms with Crippen LogP contribution in [-0.4, -0.2) is 17.3 Å². The van der Waals surface area contributed by atoms with Crippen LogP contribution in [0.25, 0.3) is 0 Å². The summed E-state index contributed by atoms with van der Waals surface area (Å²) in [5.74, 6) is 0. The van der Waals surface area contributed by atoms with Crippen molar-refractivity contribution in [3.8, 4) is 0 Å². The van der Waals surface area contributed by atoms with Crippen LogP contribution < -0.4 is 0 Å². The fourth-order valence-corrected chi connectivity index (χ4v) is 2.13. The van der Waals surface area contributed by atoms with E-state index in [2.05, 4.69) is 6.92 Å². The second kappa shape index (κ2) is 5.51. The summed E-state index contributed by atoms with van der Waals surface area (Å²) in [5, 5.41) is 10.0. The maximum Gasteiger partial charge on any atom is 0.416 e. The van der Waals surface area contributed by atoms with Crippen molar-refractivity contribution in [3.63, 3.8) is 0 Å². The highest BCUT2D eigenvalue weighted by Gasteiger charge is 2.44. The molecule has 2 rings (SSSR count). The first-order valence-corrected chi connectivity index (χ1v) is 6.44. The Morgan fingerprint density at radius 2 is 1.89 bits per heavy atom. The zero-order chi connectivity index (χ0) is 14.0. The van der Waals surface area contributed by atoms with Crippen LogP contribution >= 0.6 is 0 Å². The number of rotatable bonds is 5. The van der Waals surface area contributed by atoms with Gasteiger partial charge < -0.3 is 9.84 Å². The second-order valence-electron chi connectivity index (χ2n) is 4.85. The number of aliphatic hydroxyl groups is 1. The van der Waals surface area contributed by atoms with Gasteiger partial charge in [0.25, 0.3) is 0 Å². The molecule has 0 aliphatic carbocycles. The summed E-state index contributed by atoms with van der Waals surface area (Å²) in [7, 11) is 0. The van der Waals surface area contributed by atoms with E-state index in [0.29, 0.717) is 5.56 Å². The molecule has 1 aliphatic heterocycles. The van der Waals surface area contributed by atoms with E-state index in [1.165, 1.54) is 12.1 Å². The SMILES string of the molecule is CCCCC1OC1C(O)c1ccc(C(F)(F)F)cc1. The van der Waals surface area contributed by atoms with Gasteiger partial charge in [-0.05, 0) is 24.1 Å². The Labute approximate surface area is 110 Å². The van der Waals surface area contributed by atoms with E-state index in [1.807, 2.05) is 0 Å². The third-order valence-corrected chi connectivity index (χ3v) is 3.35. The van der Waals surface area contributed by atoms with Crippen molar-refractivity contribution in [3.05, 3.63) is 35.4 Å². The van der Waals surface area contributed by atoms with Gasteiger partial charge in [0.1, 0.15) is 12.2 Å². The fourth-order valence-electron chi connectivity index (χ4n) is 2.13. The molecule has 1 heterocycles. The zero-order valence-electron chi connectivity index (χ0n) is 10.7. The van der Waals surface area contributed by atoms with Crippen molar-refractivity contribution in [2.45, 2.75) is 50.7 Å². The molecule has 0 spiro atoms. The first-order chi connectivity index (χ1) is 8.93. The maximum absolute atomic E-state index is 12.4. The molecule has 0 aromatic heterocycles. The predicted molar refractivity (Wildman–Crippen MR) is 64.6 cm³/mol. The summed E-state index contributed by atoms with van der Waals surface area (Å²) in [6.45, 7) is 2.07. The number of alkyl halides is 3. The van der Waals surface area contributed by atoms with Crippen molar-refractivity contribution in [2.24, 2.45) is 0 Å². The van der Waals surface area contributed by atoms with E-state index in [-0.39, 0.29) is 12.2 Å². The molecule has 1 aromatic rings. The fraction of sp³-hybridized carbons (Fsp3) is 0.571. The lowest BCUT2D eigenvalue weighted by Gasteiger charge is -2.11. The van der Waals surface area contributed by atoms with Crippen molar-refractivity contribution in [2.75, 3.05) is 0 Å². The molecule has 0 bridgehead atoms. The summed E-state index contributed by atoms with van der Waals surface area (Å²) in [4.78, 5) is 0. The van der Waals surface area contributed by atoms with Gasteiger partial charge in [-0.2, -0.15) is 13.2 Å². The topological polar surface area (TPSA) is 32.8 Å². The minimum Gasteiger partial charge on any atom is -0.386 e. The molecule has 1 aliphatic rings. The van der Waals surface area contributed by atoms with Crippen LogP contribution in [-0.2, 0) is 10.9 Å². The minimum absolute atomic E-state index is 0.0391. The van der Waals surface area contributed by atoms with E-state index in [4.69, 9.17) is 4.74 Å². The Bertz CT molecular complexity index is 414. The molecule has 0 amide bonds. The predicted octanol–water partition coefficient (Wildman–Crippen LogP) is 3.70. The third-order valence-electron chi connectivity index (χ3n) is 3.35. The molecular weight excluding hydrogens is 257 g/mol. The van der Waals surface area contributed by atoms with Crippen LogP contribution in [0.4, 0.5) is 13.2 Å². The Hall–Kier alpha value is -1.07. The van der Waals surface area contributed by atoms with E-state index in [9.17, 15) is 18.3 Å². The molecule has 0 saturated carbocycles. The Morgan fingerprint density at radius 1 is 1.26 bits per heavy atom. The van der Waals surface area contributed by atoms with E-state index >= 15 is 0 Å². The van der Waals surface area contributed by atoms with Crippen molar-refractivity contribution in [1.29, 1.82) is 0 Å². The lowest BCUT2D eigenvalue weighted by molar-refractivity contribution is -0.137. The summed E-state index contributed by atoms with van der Waals surface area (Å²) in [6.07, 6.45) is -2.45. The smallest absolute Gasteiger partial charge is 0.386 e. The van der Waals surface area contributed by atoms with Gasteiger partial charge in [0, 0.05) is 0 Å². The quantitative estimate of drug-likeness (QED) is 0.830. The number of unbranched alkanes of at least 4 members (excludes halogenated alkanes) is 1. The van der Waals surface area contributed by atoms with Gasteiger partial charge in [-0.3, -0.25) is 0 Å². The highest BCUT2D eigenvalue weighted by Crippen LogP contribution is 2.38. The first-order valence-electron chi connectivity index (χ1n) is 6.44. The van der Waals surface area contributed by atoms with E-state index in [1.54, 1.807) is 0 Å². The van der Waals surface area contributed by atoms with Gasteiger partial charge in [-0.1, -0.05) is 31.9 Å². The molecule has 5 heteroatoms. The summed E-state index contributed by atoms with van der Waals surface area (Å²) >= 11 is 0. The highest BCUT2D eigenvalue weighted by atomic mass is 19.4. The van der Waals surface area contributed by atoms with Crippen molar-refractivity contribution >= 4 is 0 Å². The standard InChI is InChI=1S/C14H17F3O2/c1-2-3-4-11-13(19-11)12(18)9-5-7-10(8-6-9)14(15,16)17/h5-8,11-13,18H,2-4H2,1H3. The first kappa shape index (κ1) is 14.3. The van der Waals surface area contributed by atoms with Gasteiger partial charge in [-0.25, -0.2) is 0 Å². The highest BCUT2D eigenvalue weighted by molar-refractivity contribution is 5.27. The number of epoxide rings is 1. The minimum atomic E-state index is -4.34. The Morgan fingerprint density at radius 3 is 2.42 bits per heavy atom. The zero-order valence-corrected chi connectivity index (χ0v) is 10.7. The number of benzene rings is 1. The van der Waals surface area contributed by atoms with E-state index in [0.717, 1.165) is 31.4 Å². The van der Waals surface area contributed by atoms with Crippen LogP contribution in [0.15, 0.2) is 24.3 Å². The van der Waals surface area contributed by atoms with Crippen LogP contribution in [0.1, 0.15) is 43.4 Å². The van der Waals surface area contributed by atoms with Crippen molar-refractivity contribution < 1.29 is 23.0 Å². The molecule has 1 aromatic carbocycles. The van der Waals surface area contributed by atoms with Crippen LogP contribution in [0.2, 0.25) is 0 Å². The van der Waals surface area contributed by atoms with Crippen molar-refractivity contribution in [1.82, 2.24) is 0 Å². The molecule has 3 atom stereocenters. The summed E-state index contributed by atoms with van der Waals surface area (Å²) < 4.78 is 42.6. The Balaban J connectivity index is 1.96. The van der Waals surface area contributed by atoms with Gasteiger partial charge in [-0.15, -0.1) is 0 Å². The number of halogens is 3. The Kier molecular flexibility index (Phi) is 4.16. The van der Waals surface area contributed by atoms with Gasteiger partial charge >= 0.3 is 6.18 Å². The van der Waals surface area contributed by atoms with Crippen LogP contribution in [0.3, 0.4) is 0 Å². The summed E-state index contributed by atoms with van der Waals surface area (Å²) in [5.41, 5.74) is -0.236. The van der Waals surface area contributed by atoms with Gasteiger partial charge in [0.15, 0.2) is 0 Å². The molecule has 3 unspecified atom stereocenters. The number of hydrogen-bond donors (Lipinski definition) is 1. The number of hydrogen-bond acceptors (Lipinski definition) is 2. The number of ether oxygens (including phenoxy) is 1. The second-order valence-corrected chi connectivity index (χ2v) is 4.85. The lowest BCUT2D eigenvalue weighted by atomic mass is 10.0. The normalized spacial score (nSPS) is 24.3. The van der Waals surface area contributed by atoms with Gasteiger partial charge in [0.2, 0.25) is 0 Å². The maximum atomic E-state index is 12.4. The van der Waals surface area contributed by atoms with Crippen LogP contribution in [0, 0.1) is 0 Å².